The van der Waals surface area contributed by atoms with Crippen LogP contribution in [0.25, 0.3) is 0 Å². The standard InChI is InChI=1S/C10H17NO2/c1-11-5-3-2-4-9(11)8-6-10(12)13-7-8/h8-9H,2-7H2,1H3. The van der Waals surface area contributed by atoms with Crippen molar-refractivity contribution in [2.45, 2.75) is 31.7 Å². The molecule has 2 aliphatic rings. The lowest BCUT2D eigenvalue weighted by Gasteiger charge is -2.35. The number of nitrogens with zero attached hydrogens (tertiary/aromatic N) is 1. The molecule has 0 aromatic carbocycles. The molecule has 74 valence electrons. The molecular weight excluding hydrogens is 166 g/mol. The van der Waals surface area contributed by atoms with Gasteiger partial charge in [-0.05, 0) is 26.4 Å². The Balaban J connectivity index is 1.94. The maximum absolute atomic E-state index is 11.0. The van der Waals surface area contributed by atoms with Gasteiger partial charge in [-0.25, -0.2) is 0 Å². The van der Waals surface area contributed by atoms with Crippen molar-refractivity contribution in [1.29, 1.82) is 0 Å². The third-order valence-electron chi connectivity index (χ3n) is 3.26. The molecule has 0 bridgehead atoms. The van der Waals surface area contributed by atoms with E-state index in [0.29, 0.717) is 25.0 Å². The number of ether oxygens (including phenoxy) is 1. The summed E-state index contributed by atoms with van der Waals surface area (Å²) in [5.74, 6) is 0.446. The summed E-state index contributed by atoms with van der Waals surface area (Å²) in [6.07, 6.45) is 4.47. The molecule has 2 rings (SSSR count). The van der Waals surface area contributed by atoms with E-state index in [1.807, 2.05) is 0 Å². The third kappa shape index (κ3) is 1.85. The van der Waals surface area contributed by atoms with Gasteiger partial charge >= 0.3 is 5.97 Å². The number of hydrogen-bond acceptors (Lipinski definition) is 3. The minimum Gasteiger partial charge on any atom is -0.465 e. The lowest BCUT2D eigenvalue weighted by Crippen LogP contribution is -2.41. The molecule has 3 heteroatoms. The highest BCUT2D eigenvalue weighted by molar-refractivity contribution is 5.71. The summed E-state index contributed by atoms with van der Waals surface area (Å²) in [6.45, 7) is 1.82. The molecule has 0 radical (unpaired) electrons. The summed E-state index contributed by atoms with van der Waals surface area (Å²) in [6, 6.07) is 0.584. The van der Waals surface area contributed by atoms with Gasteiger partial charge in [0.2, 0.25) is 0 Å². The topological polar surface area (TPSA) is 29.5 Å². The highest BCUT2D eigenvalue weighted by Gasteiger charge is 2.34. The molecule has 0 aromatic heterocycles. The van der Waals surface area contributed by atoms with Crippen LogP contribution in [0.2, 0.25) is 0 Å². The molecule has 13 heavy (non-hydrogen) atoms. The highest BCUT2D eigenvalue weighted by Crippen LogP contribution is 2.27. The van der Waals surface area contributed by atoms with E-state index < -0.39 is 0 Å². The average Bonchev–Trinajstić information content (AvgIpc) is 2.53. The molecule has 0 N–H and O–H groups in total. The monoisotopic (exact) mass is 183 g/mol. The van der Waals surface area contributed by atoms with Crippen molar-refractivity contribution in [3.8, 4) is 0 Å². The SMILES string of the molecule is CN1CCCCC1C1COC(=O)C1. The van der Waals surface area contributed by atoms with Gasteiger partial charge in [0, 0.05) is 12.0 Å². The van der Waals surface area contributed by atoms with Gasteiger partial charge in [-0.2, -0.15) is 0 Å². The van der Waals surface area contributed by atoms with E-state index in [0.717, 1.165) is 0 Å². The van der Waals surface area contributed by atoms with E-state index in [9.17, 15) is 4.79 Å². The van der Waals surface area contributed by atoms with Gasteiger partial charge in [0.1, 0.15) is 0 Å². The Labute approximate surface area is 79.0 Å². The first kappa shape index (κ1) is 9.00. The summed E-state index contributed by atoms with van der Waals surface area (Å²) in [5.41, 5.74) is 0. The van der Waals surface area contributed by atoms with Crippen LogP contribution in [0.4, 0.5) is 0 Å². The third-order valence-corrected chi connectivity index (χ3v) is 3.26. The van der Waals surface area contributed by atoms with Crippen LogP contribution in [0.3, 0.4) is 0 Å². The summed E-state index contributed by atoms with van der Waals surface area (Å²) < 4.78 is 5.00. The van der Waals surface area contributed by atoms with Crippen LogP contribution in [-0.2, 0) is 9.53 Å². The Bertz CT molecular complexity index is 205. The Kier molecular flexibility index (Phi) is 2.54. The number of rotatable bonds is 1. The number of carbonyl (C=O) groups is 1. The molecule has 0 aromatic rings. The largest absolute Gasteiger partial charge is 0.465 e. The summed E-state index contributed by atoms with van der Waals surface area (Å²) in [5, 5.41) is 0. The van der Waals surface area contributed by atoms with Gasteiger partial charge < -0.3 is 9.64 Å². The van der Waals surface area contributed by atoms with Gasteiger partial charge in [0.05, 0.1) is 13.0 Å². The summed E-state index contributed by atoms with van der Waals surface area (Å²) >= 11 is 0. The normalized spacial score (nSPS) is 36.2. The van der Waals surface area contributed by atoms with Gasteiger partial charge in [-0.15, -0.1) is 0 Å². The molecule has 0 spiro atoms. The first-order valence-corrected chi connectivity index (χ1v) is 5.13. The van der Waals surface area contributed by atoms with Crippen LogP contribution in [0.15, 0.2) is 0 Å². The Morgan fingerprint density at radius 2 is 2.31 bits per heavy atom. The molecule has 0 aliphatic carbocycles. The molecule has 2 unspecified atom stereocenters. The van der Waals surface area contributed by atoms with Crippen molar-refractivity contribution in [3.63, 3.8) is 0 Å². The molecule has 0 saturated carbocycles. The second kappa shape index (κ2) is 3.66. The molecule has 2 fully saturated rings. The number of piperidine rings is 1. The highest BCUT2D eigenvalue weighted by atomic mass is 16.5. The average molecular weight is 183 g/mol. The Hall–Kier alpha value is -0.570. The minimum absolute atomic E-state index is 0.0102. The Morgan fingerprint density at radius 3 is 2.92 bits per heavy atom. The van der Waals surface area contributed by atoms with E-state index in [2.05, 4.69) is 11.9 Å². The van der Waals surface area contributed by atoms with Crippen LogP contribution < -0.4 is 0 Å². The Morgan fingerprint density at radius 1 is 1.46 bits per heavy atom. The second-order valence-corrected chi connectivity index (χ2v) is 4.19. The quantitative estimate of drug-likeness (QED) is 0.569. The van der Waals surface area contributed by atoms with Crippen LogP contribution in [0, 0.1) is 5.92 Å². The van der Waals surface area contributed by atoms with Gasteiger partial charge in [-0.3, -0.25) is 4.79 Å². The van der Waals surface area contributed by atoms with Crippen LogP contribution >= 0.6 is 0 Å². The van der Waals surface area contributed by atoms with E-state index in [1.54, 1.807) is 0 Å². The fraction of sp³-hybridized carbons (Fsp3) is 0.900. The second-order valence-electron chi connectivity index (χ2n) is 4.19. The molecule has 2 heterocycles. The van der Waals surface area contributed by atoms with E-state index in [1.165, 1.54) is 25.8 Å². The zero-order chi connectivity index (χ0) is 9.26. The van der Waals surface area contributed by atoms with Crippen LogP contribution in [0.5, 0.6) is 0 Å². The lowest BCUT2D eigenvalue weighted by atomic mass is 9.90. The van der Waals surface area contributed by atoms with E-state index in [-0.39, 0.29) is 5.97 Å². The molecule has 0 amide bonds. The van der Waals surface area contributed by atoms with Gasteiger partial charge in [-0.1, -0.05) is 6.42 Å². The van der Waals surface area contributed by atoms with Crippen LogP contribution in [-0.4, -0.2) is 37.1 Å². The molecule has 2 aliphatic heterocycles. The molecule has 2 atom stereocenters. The van der Waals surface area contributed by atoms with Crippen molar-refractivity contribution in [3.05, 3.63) is 0 Å². The predicted molar refractivity (Wildman–Crippen MR) is 49.3 cm³/mol. The predicted octanol–water partition coefficient (Wildman–Crippen LogP) is 1.03. The van der Waals surface area contributed by atoms with Crippen LogP contribution in [0.1, 0.15) is 25.7 Å². The van der Waals surface area contributed by atoms with Crippen molar-refractivity contribution in [2.24, 2.45) is 5.92 Å². The number of hydrogen-bond donors (Lipinski definition) is 0. The number of likely N-dealkylation sites (tertiary alicyclic amines) is 1. The first-order valence-electron chi connectivity index (χ1n) is 5.13. The van der Waals surface area contributed by atoms with Gasteiger partial charge in [0.25, 0.3) is 0 Å². The maximum Gasteiger partial charge on any atom is 0.306 e. The first-order chi connectivity index (χ1) is 6.27. The minimum atomic E-state index is -0.0102. The maximum atomic E-state index is 11.0. The van der Waals surface area contributed by atoms with Gasteiger partial charge in [0.15, 0.2) is 0 Å². The zero-order valence-electron chi connectivity index (χ0n) is 8.16. The summed E-state index contributed by atoms with van der Waals surface area (Å²) in [4.78, 5) is 13.3. The fourth-order valence-electron chi connectivity index (χ4n) is 2.48. The molecule has 3 nitrogen and oxygen atoms in total. The van der Waals surface area contributed by atoms with Crippen molar-refractivity contribution in [1.82, 2.24) is 4.90 Å². The number of cyclic esters (lactones) is 1. The lowest BCUT2D eigenvalue weighted by molar-refractivity contribution is -0.137. The number of carbonyl (C=O) groups excluding carboxylic acids is 1. The fourth-order valence-corrected chi connectivity index (χ4v) is 2.48. The van der Waals surface area contributed by atoms with E-state index in [4.69, 9.17) is 4.74 Å². The smallest absolute Gasteiger partial charge is 0.306 e. The van der Waals surface area contributed by atoms with Crippen molar-refractivity contribution >= 4 is 5.97 Å². The van der Waals surface area contributed by atoms with Crippen molar-refractivity contribution < 1.29 is 9.53 Å². The summed E-state index contributed by atoms with van der Waals surface area (Å²) in [7, 11) is 2.16. The number of esters is 1. The molecular formula is C10H17NO2. The zero-order valence-corrected chi connectivity index (χ0v) is 8.16. The van der Waals surface area contributed by atoms with Crippen molar-refractivity contribution in [2.75, 3.05) is 20.2 Å². The molecule has 2 saturated heterocycles. The van der Waals surface area contributed by atoms with E-state index >= 15 is 0 Å².